The Labute approximate surface area is 95.5 Å². The summed E-state index contributed by atoms with van der Waals surface area (Å²) in [4.78, 5) is 14.0. The van der Waals surface area contributed by atoms with Crippen molar-refractivity contribution in [2.45, 2.75) is 24.8 Å². The summed E-state index contributed by atoms with van der Waals surface area (Å²) in [7, 11) is 0. The zero-order valence-corrected chi connectivity index (χ0v) is 9.52. The first-order valence-corrected chi connectivity index (χ1v) is 5.92. The number of aliphatic hydroxyl groups is 1. The fourth-order valence-corrected chi connectivity index (χ4v) is 2.38. The van der Waals surface area contributed by atoms with Gasteiger partial charge in [-0.05, 0) is 25.2 Å². The first-order valence-electron chi connectivity index (χ1n) is 5.92. The normalized spacial score (nSPS) is 32.0. The van der Waals surface area contributed by atoms with Gasteiger partial charge in [0, 0.05) is 26.3 Å². The molecule has 5 nitrogen and oxygen atoms in total. The van der Waals surface area contributed by atoms with Crippen molar-refractivity contribution in [2.75, 3.05) is 32.9 Å². The maximum atomic E-state index is 12.2. The van der Waals surface area contributed by atoms with Gasteiger partial charge in [0.15, 0.2) is 0 Å². The molecular formula is C11H20N2O3. The molecule has 0 aromatic carbocycles. The van der Waals surface area contributed by atoms with E-state index in [1.807, 2.05) is 4.90 Å². The number of amides is 1. The number of carbonyl (C=O) groups excluding carboxylic acids is 1. The molecule has 1 unspecified atom stereocenters. The van der Waals surface area contributed by atoms with Gasteiger partial charge in [-0.25, -0.2) is 0 Å². The quantitative estimate of drug-likeness (QED) is 0.657. The Bertz CT molecular complexity index is 256. The predicted molar refractivity (Wildman–Crippen MR) is 58.7 cm³/mol. The molecule has 3 N–H and O–H groups in total. The Morgan fingerprint density at radius 1 is 1.50 bits per heavy atom. The summed E-state index contributed by atoms with van der Waals surface area (Å²) >= 11 is 0. The van der Waals surface area contributed by atoms with Crippen molar-refractivity contribution in [3.8, 4) is 0 Å². The molecule has 1 amide bonds. The van der Waals surface area contributed by atoms with Crippen LogP contribution < -0.4 is 5.73 Å². The van der Waals surface area contributed by atoms with Crippen molar-refractivity contribution in [1.82, 2.24) is 4.90 Å². The number of nitrogens with zero attached hydrogens (tertiary/aromatic N) is 1. The molecular weight excluding hydrogens is 208 g/mol. The second-order valence-electron chi connectivity index (χ2n) is 4.88. The Hall–Kier alpha value is -0.650. The highest BCUT2D eigenvalue weighted by Gasteiger charge is 2.41. The van der Waals surface area contributed by atoms with E-state index in [1.165, 1.54) is 0 Å². The zero-order valence-electron chi connectivity index (χ0n) is 9.52. The lowest BCUT2D eigenvalue weighted by molar-refractivity contribution is -0.138. The molecule has 0 spiro atoms. The number of aliphatic hydroxyl groups excluding tert-OH is 1. The van der Waals surface area contributed by atoms with E-state index in [2.05, 4.69) is 0 Å². The van der Waals surface area contributed by atoms with Crippen LogP contribution in [0.25, 0.3) is 0 Å². The van der Waals surface area contributed by atoms with Crippen LogP contribution in [0.4, 0.5) is 0 Å². The third-order valence-electron chi connectivity index (χ3n) is 3.64. The molecule has 0 saturated carbocycles. The van der Waals surface area contributed by atoms with E-state index in [9.17, 15) is 4.79 Å². The van der Waals surface area contributed by atoms with E-state index in [1.54, 1.807) is 0 Å². The first kappa shape index (κ1) is 11.8. The van der Waals surface area contributed by atoms with E-state index < -0.39 is 5.54 Å². The molecule has 2 fully saturated rings. The van der Waals surface area contributed by atoms with Gasteiger partial charge in [-0.2, -0.15) is 0 Å². The average Bonchev–Trinajstić information content (AvgIpc) is 2.77. The summed E-state index contributed by atoms with van der Waals surface area (Å²) in [5.74, 6) is 0.360. The van der Waals surface area contributed by atoms with Crippen LogP contribution in [0.5, 0.6) is 0 Å². The van der Waals surface area contributed by atoms with Crippen molar-refractivity contribution in [3.63, 3.8) is 0 Å². The molecule has 16 heavy (non-hydrogen) atoms. The van der Waals surface area contributed by atoms with E-state index in [4.69, 9.17) is 15.6 Å². The molecule has 92 valence electrons. The second kappa shape index (κ2) is 4.69. The molecule has 1 atom stereocenters. The first-order chi connectivity index (χ1) is 7.65. The van der Waals surface area contributed by atoms with Gasteiger partial charge >= 0.3 is 0 Å². The minimum absolute atomic E-state index is 0.0152. The highest BCUT2D eigenvalue weighted by molar-refractivity contribution is 5.86. The molecule has 2 saturated heterocycles. The van der Waals surface area contributed by atoms with E-state index in [0.29, 0.717) is 38.6 Å². The van der Waals surface area contributed by atoms with Crippen molar-refractivity contribution in [1.29, 1.82) is 0 Å². The van der Waals surface area contributed by atoms with Gasteiger partial charge in [0.25, 0.3) is 0 Å². The fourth-order valence-electron chi connectivity index (χ4n) is 2.38. The highest BCUT2D eigenvalue weighted by atomic mass is 16.5. The van der Waals surface area contributed by atoms with E-state index in [-0.39, 0.29) is 12.5 Å². The Kier molecular flexibility index (Phi) is 3.47. The molecule has 0 radical (unpaired) electrons. The zero-order chi connectivity index (χ0) is 11.6. The van der Waals surface area contributed by atoms with Crippen LogP contribution in [0.3, 0.4) is 0 Å². The maximum Gasteiger partial charge on any atom is 0.245 e. The van der Waals surface area contributed by atoms with E-state index >= 15 is 0 Å². The molecule has 0 aromatic heterocycles. The number of nitrogens with two attached hydrogens (primary N) is 1. The molecule has 2 rings (SSSR count). The monoisotopic (exact) mass is 228 g/mol. The van der Waals surface area contributed by atoms with Gasteiger partial charge in [0.2, 0.25) is 5.91 Å². The summed E-state index contributed by atoms with van der Waals surface area (Å²) in [6.45, 7) is 2.56. The number of hydrogen-bond acceptors (Lipinski definition) is 4. The van der Waals surface area contributed by atoms with Crippen LogP contribution in [-0.4, -0.2) is 54.4 Å². The third-order valence-corrected chi connectivity index (χ3v) is 3.64. The van der Waals surface area contributed by atoms with Crippen LogP contribution in [0.1, 0.15) is 19.3 Å². The fraction of sp³-hybridized carbons (Fsp3) is 0.909. The highest BCUT2D eigenvalue weighted by Crippen LogP contribution is 2.23. The predicted octanol–water partition coefficient (Wildman–Crippen LogP) is -0.665. The van der Waals surface area contributed by atoms with Crippen LogP contribution in [0.15, 0.2) is 0 Å². The molecule has 0 aliphatic carbocycles. The molecule has 0 aromatic rings. The molecule has 5 heteroatoms. The number of likely N-dealkylation sites (tertiary alicyclic amines) is 1. The van der Waals surface area contributed by atoms with Gasteiger partial charge in [0.1, 0.15) is 5.54 Å². The number of carbonyl (C=O) groups is 1. The lowest BCUT2D eigenvalue weighted by atomic mass is 9.93. The number of rotatable bonds is 2. The van der Waals surface area contributed by atoms with Crippen LogP contribution in [0, 0.1) is 5.92 Å². The largest absolute Gasteiger partial charge is 0.396 e. The van der Waals surface area contributed by atoms with Gasteiger partial charge in [0.05, 0.1) is 6.61 Å². The topological polar surface area (TPSA) is 75.8 Å². The number of ether oxygens (including phenoxy) is 1. The summed E-state index contributed by atoms with van der Waals surface area (Å²) in [6, 6.07) is 0. The molecule has 2 heterocycles. The summed E-state index contributed by atoms with van der Waals surface area (Å²) in [6.07, 6.45) is 2.37. The van der Waals surface area contributed by atoms with Crippen LogP contribution in [-0.2, 0) is 9.53 Å². The smallest absolute Gasteiger partial charge is 0.245 e. The van der Waals surface area contributed by atoms with Crippen molar-refractivity contribution >= 4 is 5.91 Å². The van der Waals surface area contributed by atoms with Crippen LogP contribution in [0.2, 0.25) is 0 Å². The molecule has 2 aliphatic heterocycles. The SMILES string of the molecule is NC1(C(=O)N2CCC(CO)CC2)CCOC1. The number of hydrogen-bond donors (Lipinski definition) is 2. The summed E-state index contributed by atoms with van der Waals surface area (Å²) in [5.41, 5.74) is 5.24. The molecule has 0 bridgehead atoms. The Morgan fingerprint density at radius 3 is 2.69 bits per heavy atom. The lowest BCUT2D eigenvalue weighted by Crippen LogP contribution is -2.57. The Balaban J connectivity index is 1.91. The van der Waals surface area contributed by atoms with Gasteiger partial charge in [-0.15, -0.1) is 0 Å². The minimum Gasteiger partial charge on any atom is -0.396 e. The standard InChI is InChI=1S/C11H20N2O3/c12-11(3-6-16-8-11)10(15)13-4-1-9(7-14)2-5-13/h9,14H,1-8,12H2. The lowest BCUT2D eigenvalue weighted by Gasteiger charge is -2.35. The van der Waals surface area contributed by atoms with Crippen molar-refractivity contribution < 1.29 is 14.6 Å². The number of piperidine rings is 1. The van der Waals surface area contributed by atoms with Crippen LogP contribution >= 0.6 is 0 Å². The van der Waals surface area contributed by atoms with Gasteiger partial charge < -0.3 is 20.5 Å². The van der Waals surface area contributed by atoms with Crippen molar-refractivity contribution in [2.24, 2.45) is 11.7 Å². The van der Waals surface area contributed by atoms with E-state index in [0.717, 1.165) is 12.8 Å². The summed E-state index contributed by atoms with van der Waals surface area (Å²) in [5, 5.41) is 9.03. The van der Waals surface area contributed by atoms with Gasteiger partial charge in [-0.1, -0.05) is 0 Å². The second-order valence-corrected chi connectivity index (χ2v) is 4.88. The maximum absolute atomic E-state index is 12.2. The Morgan fingerprint density at radius 2 is 2.19 bits per heavy atom. The average molecular weight is 228 g/mol. The summed E-state index contributed by atoms with van der Waals surface area (Å²) < 4.78 is 5.20. The van der Waals surface area contributed by atoms with Gasteiger partial charge in [-0.3, -0.25) is 4.79 Å². The minimum atomic E-state index is -0.800. The third kappa shape index (κ3) is 2.21. The molecule has 2 aliphatic rings. The van der Waals surface area contributed by atoms with Crippen molar-refractivity contribution in [3.05, 3.63) is 0 Å².